The largest absolute Gasteiger partial charge is 0.481 e. The minimum absolute atomic E-state index is 0.503. The zero-order valence-electron chi connectivity index (χ0n) is 11.9. The summed E-state index contributed by atoms with van der Waals surface area (Å²) in [5.74, 6) is -0.403. The molecule has 0 bridgehead atoms. The normalized spacial score (nSPS) is 11.2. The summed E-state index contributed by atoms with van der Waals surface area (Å²) in [6.45, 7) is 3.26. The predicted octanol–water partition coefficient (Wildman–Crippen LogP) is 2.50. The fourth-order valence-electron chi connectivity index (χ4n) is 1.52. The Bertz CT molecular complexity index is 644. The van der Waals surface area contributed by atoms with Gasteiger partial charge in [0.2, 0.25) is 5.88 Å². The van der Waals surface area contributed by atoms with E-state index in [4.69, 9.17) is 4.74 Å². The van der Waals surface area contributed by atoms with Crippen molar-refractivity contribution in [2.45, 2.75) is 23.6 Å². The molecule has 110 valence electrons. The Labute approximate surface area is 126 Å². The molecule has 0 saturated heterocycles. The van der Waals surface area contributed by atoms with E-state index in [-0.39, 0.29) is 0 Å². The number of pyridine rings is 1. The Morgan fingerprint density at radius 3 is 2.52 bits per heavy atom. The molecule has 0 amide bonds. The fourth-order valence-corrected chi connectivity index (χ4v) is 2.48. The molecule has 1 N–H and O–H groups in total. The lowest BCUT2D eigenvalue weighted by atomic mass is 10.2. The third-order valence-electron chi connectivity index (χ3n) is 2.75. The molecule has 7 heteroatoms. The molecule has 0 aliphatic carbocycles. The predicted molar refractivity (Wildman–Crippen MR) is 79.4 cm³/mol. The molecule has 21 heavy (non-hydrogen) atoms. The summed E-state index contributed by atoms with van der Waals surface area (Å²) in [6.07, 6.45) is 4.73. The van der Waals surface area contributed by atoms with Crippen LogP contribution in [0.4, 0.5) is 0 Å². The molecule has 0 radical (unpaired) electrons. The summed E-state index contributed by atoms with van der Waals surface area (Å²) in [4.78, 5) is 23.9. The SMILES string of the molecule is COc1ccc(-c2nccnc2SC(C)(C)C(=O)O)cn1. The molecule has 0 aliphatic heterocycles. The van der Waals surface area contributed by atoms with E-state index in [0.29, 0.717) is 16.6 Å². The number of ether oxygens (including phenoxy) is 1. The number of rotatable bonds is 5. The summed E-state index contributed by atoms with van der Waals surface area (Å²) in [6, 6.07) is 3.54. The Morgan fingerprint density at radius 2 is 1.95 bits per heavy atom. The first kappa shape index (κ1) is 15.2. The third-order valence-corrected chi connectivity index (χ3v) is 3.93. The molecule has 0 atom stereocenters. The molecule has 2 aromatic heterocycles. The Hall–Kier alpha value is -2.15. The maximum absolute atomic E-state index is 11.3. The molecule has 0 fully saturated rings. The van der Waals surface area contributed by atoms with Crippen molar-refractivity contribution in [3.8, 4) is 17.1 Å². The van der Waals surface area contributed by atoms with E-state index in [2.05, 4.69) is 15.0 Å². The number of aromatic nitrogens is 3. The van der Waals surface area contributed by atoms with E-state index in [1.54, 1.807) is 45.6 Å². The maximum Gasteiger partial charge on any atom is 0.319 e. The van der Waals surface area contributed by atoms with Crippen molar-refractivity contribution < 1.29 is 14.6 Å². The first-order valence-electron chi connectivity index (χ1n) is 6.18. The number of hydrogen-bond donors (Lipinski definition) is 1. The molecule has 0 unspecified atom stereocenters. The Morgan fingerprint density at radius 1 is 1.24 bits per heavy atom. The molecule has 2 heterocycles. The van der Waals surface area contributed by atoms with E-state index >= 15 is 0 Å². The zero-order chi connectivity index (χ0) is 15.5. The minimum Gasteiger partial charge on any atom is -0.481 e. The molecule has 6 nitrogen and oxygen atoms in total. The van der Waals surface area contributed by atoms with Crippen molar-refractivity contribution >= 4 is 17.7 Å². The fraction of sp³-hybridized carbons (Fsp3) is 0.286. The van der Waals surface area contributed by atoms with Gasteiger partial charge in [-0.2, -0.15) is 0 Å². The first-order chi connectivity index (χ1) is 9.94. The highest BCUT2D eigenvalue weighted by Crippen LogP contribution is 2.36. The van der Waals surface area contributed by atoms with Crippen LogP contribution in [0.3, 0.4) is 0 Å². The van der Waals surface area contributed by atoms with Crippen molar-refractivity contribution in [3.05, 3.63) is 30.7 Å². The summed E-state index contributed by atoms with van der Waals surface area (Å²) in [5, 5.41) is 9.79. The van der Waals surface area contributed by atoms with Crippen LogP contribution in [0.2, 0.25) is 0 Å². The van der Waals surface area contributed by atoms with Gasteiger partial charge >= 0.3 is 5.97 Å². The standard InChI is InChI=1S/C14H15N3O3S/c1-14(2,13(18)19)21-12-11(15-6-7-16-12)9-4-5-10(20-3)17-8-9/h4-8H,1-3H3,(H,18,19). The van der Waals surface area contributed by atoms with E-state index in [9.17, 15) is 9.90 Å². The zero-order valence-corrected chi connectivity index (χ0v) is 12.7. The van der Waals surface area contributed by atoms with Crippen LogP contribution < -0.4 is 4.74 Å². The van der Waals surface area contributed by atoms with Gasteiger partial charge in [-0.1, -0.05) is 11.8 Å². The smallest absolute Gasteiger partial charge is 0.319 e. The van der Waals surface area contributed by atoms with Crippen LogP contribution >= 0.6 is 11.8 Å². The van der Waals surface area contributed by atoms with Gasteiger partial charge in [0.15, 0.2) is 0 Å². The molecule has 0 saturated carbocycles. The van der Waals surface area contributed by atoms with Crippen molar-refractivity contribution in [2.75, 3.05) is 7.11 Å². The van der Waals surface area contributed by atoms with Gasteiger partial charge in [-0.3, -0.25) is 9.78 Å². The van der Waals surface area contributed by atoms with Gasteiger partial charge in [0.1, 0.15) is 15.5 Å². The molecule has 0 spiro atoms. The van der Waals surface area contributed by atoms with Crippen molar-refractivity contribution in [3.63, 3.8) is 0 Å². The van der Waals surface area contributed by atoms with Gasteiger partial charge in [-0.05, 0) is 19.9 Å². The molecule has 0 aliphatic rings. The number of aliphatic carboxylic acids is 1. The molecular weight excluding hydrogens is 290 g/mol. The summed E-state index contributed by atoms with van der Waals surface area (Å²) in [7, 11) is 1.54. The van der Waals surface area contributed by atoms with E-state index < -0.39 is 10.7 Å². The third kappa shape index (κ3) is 3.49. The topological polar surface area (TPSA) is 85.2 Å². The second-order valence-corrected chi connectivity index (χ2v) is 6.33. The highest BCUT2D eigenvalue weighted by molar-refractivity contribution is 8.01. The summed E-state index contributed by atoms with van der Waals surface area (Å²) >= 11 is 1.15. The number of carbonyl (C=O) groups is 1. The second-order valence-electron chi connectivity index (χ2n) is 4.72. The number of nitrogens with zero attached hydrogens (tertiary/aromatic N) is 3. The van der Waals surface area contributed by atoms with E-state index in [1.165, 1.54) is 0 Å². The van der Waals surface area contributed by atoms with Crippen LogP contribution in [0.25, 0.3) is 11.3 Å². The van der Waals surface area contributed by atoms with Gasteiger partial charge in [-0.15, -0.1) is 0 Å². The van der Waals surface area contributed by atoms with Crippen LogP contribution in [0, 0.1) is 0 Å². The summed E-state index contributed by atoms with van der Waals surface area (Å²) in [5.41, 5.74) is 1.36. The van der Waals surface area contributed by atoms with Crippen molar-refractivity contribution in [2.24, 2.45) is 0 Å². The van der Waals surface area contributed by atoms with E-state index in [0.717, 1.165) is 17.3 Å². The number of carboxylic acids is 1. The van der Waals surface area contributed by atoms with Crippen LogP contribution in [-0.4, -0.2) is 37.9 Å². The Balaban J connectivity index is 2.38. The minimum atomic E-state index is -0.995. The molecule has 2 aromatic rings. The molecular formula is C14H15N3O3S. The highest BCUT2D eigenvalue weighted by atomic mass is 32.2. The lowest BCUT2D eigenvalue weighted by Crippen LogP contribution is -2.27. The van der Waals surface area contributed by atoms with Crippen LogP contribution in [-0.2, 0) is 4.79 Å². The van der Waals surface area contributed by atoms with Gasteiger partial charge in [0.05, 0.1) is 7.11 Å². The number of methoxy groups -OCH3 is 1. The van der Waals surface area contributed by atoms with Gasteiger partial charge in [0.25, 0.3) is 0 Å². The average molecular weight is 305 g/mol. The number of carboxylic acid groups (broad SMARTS) is 1. The molecule has 0 aromatic carbocycles. The van der Waals surface area contributed by atoms with Crippen LogP contribution in [0.15, 0.2) is 35.7 Å². The molecule has 2 rings (SSSR count). The maximum atomic E-state index is 11.3. The van der Waals surface area contributed by atoms with Gasteiger partial charge in [0, 0.05) is 30.2 Å². The Kier molecular flexibility index (Phi) is 4.42. The van der Waals surface area contributed by atoms with Crippen LogP contribution in [0.1, 0.15) is 13.8 Å². The number of thioether (sulfide) groups is 1. The van der Waals surface area contributed by atoms with Crippen molar-refractivity contribution in [1.29, 1.82) is 0 Å². The quantitative estimate of drug-likeness (QED) is 0.849. The number of hydrogen-bond acceptors (Lipinski definition) is 6. The lowest BCUT2D eigenvalue weighted by molar-refractivity contribution is -0.138. The second kappa shape index (κ2) is 6.09. The highest BCUT2D eigenvalue weighted by Gasteiger charge is 2.30. The van der Waals surface area contributed by atoms with Gasteiger partial charge in [-0.25, -0.2) is 9.97 Å². The summed E-state index contributed by atoms with van der Waals surface area (Å²) < 4.78 is 4.02. The lowest BCUT2D eigenvalue weighted by Gasteiger charge is -2.18. The van der Waals surface area contributed by atoms with Gasteiger partial charge < -0.3 is 9.84 Å². The average Bonchev–Trinajstić information content (AvgIpc) is 2.47. The van der Waals surface area contributed by atoms with Crippen molar-refractivity contribution in [1.82, 2.24) is 15.0 Å². The monoisotopic (exact) mass is 305 g/mol. The van der Waals surface area contributed by atoms with Crippen LogP contribution in [0.5, 0.6) is 5.88 Å². The van der Waals surface area contributed by atoms with E-state index in [1.807, 2.05) is 6.07 Å². The first-order valence-corrected chi connectivity index (χ1v) is 6.99.